The number of nitrogens with one attached hydrogen (secondary N) is 1. The molecule has 1 N–H and O–H groups in total. The van der Waals surface area contributed by atoms with Crippen LogP contribution in [-0.4, -0.2) is 12.5 Å². The van der Waals surface area contributed by atoms with Gasteiger partial charge >= 0.3 is 6.18 Å². The normalized spacial score (nSPS) is 11.2. The van der Waals surface area contributed by atoms with Crippen LogP contribution in [0.1, 0.15) is 34.0 Å². The van der Waals surface area contributed by atoms with Gasteiger partial charge in [0, 0.05) is 11.1 Å². The number of amides is 1. The summed E-state index contributed by atoms with van der Waals surface area (Å²) in [7, 11) is 0. The fourth-order valence-electron chi connectivity index (χ4n) is 2.92. The van der Waals surface area contributed by atoms with Gasteiger partial charge in [-0.05, 0) is 62.4 Å². The van der Waals surface area contributed by atoms with E-state index in [0.29, 0.717) is 23.7 Å². The smallest absolute Gasteiger partial charge is 0.416 e. The number of benzene rings is 3. The number of anilines is 1. The molecule has 3 aromatic carbocycles. The number of hydrogen-bond donors (Lipinski definition) is 1. The Labute approximate surface area is 188 Å². The fraction of sp³-hybridized carbons (Fsp3) is 0.208. The van der Waals surface area contributed by atoms with E-state index in [1.165, 1.54) is 6.07 Å². The second-order valence-corrected chi connectivity index (χ2v) is 7.41. The Bertz CT molecular complexity index is 1100. The molecule has 0 aliphatic rings. The number of ether oxygens (including phenoxy) is 2. The van der Waals surface area contributed by atoms with E-state index in [1.54, 1.807) is 12.1 Å². The van der Waals surface area contributed by atoms with Crippen molar-refractivity contribution >= 4 is 23.2 Å². The standard InChI is InChI=1S/C24H21ClF3NO3/c1-3-31-22-11-6-16(12-17(22)14-32-19-8-4-15(2)5-9-19)23(30)29-21-13-18(24(26,27)28)7-10-20(21)25/h4-13H,3,14H2,1-2H3,(H,29,30). The second-order valence-electron chi connectivity index (χ2n) is 7.00. The van der Waals surface area contributed by atoms with Crippen molar-refractivity contribution in [3.63, 3.8) is 0 Å². The number of alkyl halides is 3. The van der Waals surface area contributed by atoms with Crippen LogP contribution in [0.4, 0.5) is 18.9 Å². The van der Waals surface area contributed by atoms with Crippen LogP contribution < -0.4 is 14.8 Å². The van der Waals surface area contributed by atoms with Gasteiger partial charge in [0.25, 0.3) is 5.91 Å². The molecule has 0 spiro atoms. The van der Waals surface area contributed by atoms with E-state index in [-0.39, 0.29) is 22.9 Å². The molecule has 168 valence electrons. The molecule has 4 nitrogen and oxygen atoms in total. The van der Waals surface area contributed by atoms with E-state index < -0.39 is 17.6 Å². The first kappa shape index (κ1) is 23.5. The Morgan fingerprint density at radius 2 is 1.72 bits per heavy atom. The lowest BCUT2D eigenvalue weighted by Gasteiger charge is -2.14. The van der Waals surface area contributed by atoms with Gasteiger partial charge in [0.2, 0.25) is 0 Å². The average Bonchev–Trinajstić information content (AvgIpc) is 2.75. The topological polar surface area (TPSA) is 47.6 Å². The summed E-state index contributed by atoms with van der Waals surface area (Å²) in [5.41, 5.74) is 0.910. The van der Waals surface area contributed by atoms with Gasteiger partial charge in [-0.3, -0.25) is 4.79 Å². The van der Waals surface area contributed by atoms with Crippen LogP contribution in [0.25, 0.3) is 0 Å². The highest BCUT2D eigenvalue weighted by Crippen LogP contribution is 2.34. The number of aryl methyl sites for hydroxylation is 1. The van der Waals surface area contributed by atoms with Gasteiger partial charge in [0.1, 0.15) is 18.1 Å². The summed E-state index contributed by atoms with van der Waals surface area (Å²) in [6, 6.07) is 15.0. The lowest BCUT2D eigenvalue weighted by molar-refractivity contribution is -0.137. The number of carbonyl (C=O) groups excluding carboxylic acids is 1. The molecule has 0 bridgehead atoms. The maximum absolute atomic E-state index is 13.0. The van der Waals surface area contributed by atoms with Crippen molar-refractivity contribution < 1.29 is 27.4 Å². The molecular formula is C24H21ClF3NO3. The summed E-state index contributed by atoms with van der Waals surface area (Å²) in [6.07, 6.45) is -4.55. The van der Waals surface area contributed by atoms with Gasteiger partial charge in [-0.1, -0.05) is 29.3 Å². The molecule has 8 heteroatoms. The molecule has 0 saturated carbocycles. The van der Waals surface area contributed by atoms with Crippen molar-refractivity contribution in [1.82, 2.24) is 0 Å². The lowest BCUT2D eigenvalue weighted by atomic mass is 10.1. The summed E-state index contributed by atoms with van der Waals surface area (Å²) in [5, 5.41) is 2.45. The number of carbonyl (C=O) groups is 1. The van der Waals surface area contributed by atoms with Crippen LogP contribution in [-0.2, 0) is 12.8 Å². The zero-order chi connectivity index (χ0) is 23.3. The summed E-state index contributed by atoms with van der Waals surface area (Å²) in [5.74, 6) is 0.600. The minimum atomic E-state index is -4.55. The van der Waals surface area contributed by atoms with Crippen molar-refractivity contribution in [1.29, 1.82) is 0 Å². The SMILES string of the molecule is CCOc1ccc(C(=O)Nc2cc(C(F)(F)F)ccc2Cl)cc1COc1ccc(C)cc1. The third-order valence-corrected chi connectivity index (χ3v) is 4.91. The van der Waals surface area contributed by atoms with Crippen molar-refractivity contribution in [2.75, 3.05) is 11.9 Å². The Hall–Kier alpha value is -3.19. The van der Waals surface area contributed by atoms with E-state index in [1.807, 2.05) is 38.1 Å². The second kappa shape index (κ2) is 9.96. The molecule has 0 radical (unpaired) electrons. The molecule has 0 unspecified atom stereocenters. The summed E-state index contributed by atoms with van der Waals surface area (Å²) in [4.78, 5) is 12.7. The van der Waals surface area contributed by atoms with Crippen LogP contribution >= 0.6 is 11.6 Å². The average molecular weight is 464 g/mol. The number of rotatable bonds is 7. The minimum Gasteiger partial charge on any atom is -0.493 e. The van der Waals surface area contributed by atoms with Crippen molar-refractivity contribution in [2.24, 2.45) is 0 Å². The summed E-state index contributed by atoms with van der Waals surface area (Å²) < 4.78 is 50.4. The van der Waals surface area contributed by atoms with Gasteiger partial charge < -0.3 is 14.8 Å². The maximum Gasteiger partial charge on any atom is 0.416 e. The van der Waals surface area contributed by atoms with Gasteiger partial charge in [-0.25, -0.2) is 0 Å². The van der Waals surface area contributed by atoms with Crippen LogP contribution in [0.3, 0.4) is 0 Å². The fourth-order valence-corrected chi connectivity index (χ4v) is 3.08. The molecular weight excluding hydrogens is 443 g/mol. The van der Waals surface area contributed by atoms with Gasteiger partial charge in [-0.2, -0.15) is 13.2 Å². The van der Waals surface area contributed by atoms with Crippen LogP contribution in [0, 0.1) is 6.92 Å². The predicted octanol–water partition coefficient (Wildman–Crippen LogP) is 6.90. The largest absolute Gasteiger partial charge is 0.493 e. The van der Waals surface area contributed by atoms with Crippen molar-refractivity contribution in [3.05, 3.63) is 87.9 Å². The third-order valence-electron chi connectivity index (χ3n) is 4.58. The minimum absolute atomic E-state index is 0.000198. The van der Waals surface area contributed by atoms with Crippen LogP contribution in [0.15, 0.2) is 60.7 Å². The molecule has 0 fully saturated rings. The maximum atomic E-state index is 13.0. The third kappa shape index (κ3) is 5.95. The molecule has 0 aromatic heterocycles. The van der Waals surface area contributed by atoms with E-state index in [0.717, 1.165) is 23.8 Å². The first-order valence-electron chi connectivity index (χ1n) is 9.80. The Morgan fingerprint density at radius 1 is 1.00 bits per heavy atom. The Balaban J connectivity index is 1.82. The van der Waals surface area contributed by atoms with E-state index in [9.17, 15) is 18.0 Å². The summed E-state index contributed by atoms with van der Waals surface area (Å²) >= 11 is 5.98. The molecule has 3 rings (SSSR count). The number of halogens is 4. The zero-order valence-electron chi connectivity index (χ0n) is 17.4. The quantitative estimate of drug-likeness (QED) is 0.414. The highest BCUT2D eigenvalue weighted by atomic mass is 35.5. The van der Waals surface area contributed by atoms with E-state index >= 15 is 0 Å². The van der Waals surface area contributed by atoms with E-state index in [2.05, 4.69) is 5.32 Å². The van der Waals surface area contributed by atoms with Gasteiger partial charge in [-0.15, -0.1) is 0 Å². The molecule has 0 aliphatic heterocycles. The van der Waals surface area contributed by atoms with Crippen molar-refractivity contribution in [2.45, 2.75) is 26.6 Å². The molecule has 0 aliphatic carbocycles. The van der Waals surface area contributed by atoms with Crippen LogP contribution in [0.5, 0.6) is 11.5 Å². The highest BCUT2D eigenvalue weighted by molar-refractivity contribution is 6.34. The monoisotopic (exact) mass is 463 g/mol. The highest BCUT2D eigenvalue weighted by Gasteiger charge is 2.31. The Morgan fingerprint density at radius 3 is 2.38 bits per heavy atom. The summed E-state index contributed by atoms with van der Waals surface area (Å²) in [6.45, 7) is 4.36. The number of hydrogen-bond acceptors (Lipinski definition) is 3. The Kier molecular flexibility index (Phi) is 7.30. The van der Waals surface area contributed by atoms with Gasteiger partial charge in [0.15, 0.2) is 0 Å². The molecule has 0 saturated heterocycles. The van der Waals surface area contributed by atoms with Crippen LogP contribution in [0.2, 0.25) is 5.02 Å². The van der Waals surface area contributed by atoms with E-state index in [4.69, 9.17) is 21.1 Å². The van der Waals surface area contributed by atoms with Gasteiger partial charge in [0.05, 0.1) is 22.9 Å². The molecule has 0 heterocycles. The predicted molar refractivity (Wildman–Crippen MR) is 118 cm³/mol. The first-order valence-corrected chi connectivity index (χ1v) is 10.2. The van der Waals surface area contributed by atoms with Crippen molar-refractivity contribution in [3.8, 4) is 11.5 Å². The lowest BCUT2D eigenvalue weighted by Crippen LogP contribution is -2.14. The molecule has 0 atom stereocenters. The molecule has 32 heavy (non-hydrogen) atoms. The molecule has 1 amide bonds. The zero-order valence-corrected chi connectivity index (χ0v) is 18.2. The molecule has 3 aromatic rings. The first-order chi connectivity index (χ1) is 15.2.